The Labute approximate surface area is 125 Å². The molecule has 0 unspecified atom stereocenters. The molecule has 110 valence electrons. The van der Waals surface area contributed by atoms with E-state index in [1.54, 1.807) is 11.1 Å². The van der Waals surface area contributed by atoms with Crippen LogP contribution in [0.1, 0.15) is 28.0 Å². The zero-order valence-electron chi connectivity index (χ0n) is 12.5. The van der Waals surface area contributed by atoms with Crippen molar-refractivity contribution in [2.75, 3.05) is 18.0 Å². The van der Waals surface area contributed by atoms with Gasteiger partial charge in [-0.05, 0) is 56.1 Å². The summed E-state index contributed by atoms with van der Waals surface area (Å²) in [4.78, 5) is 18.8. The first-order chi connectivity index (χ1) is 10.1. The number of amides is 1. The van der Waals surface area contributed by atoms with Gasteiger partial charge in [-0.1, -0.05) is 18.2 Å². The van der Waals surface area contributed by atoms with Gasteiger partial charge < -0.3 is 10.6 Å². The number of pyridine rings is 1. The fourth-order valence-electron chi connectivity index (χ4n) is 2.23. The van der Waals surface area contributed by atoms with E-state index in [9.17, 15) is 4.79 Å². The Morgan fingerprint density at radius 3 is 2.71 bits per heavy atom. The van der Waals surface area contributed by atoms with Crippen molar-refractivity contribution in [3.8, 4) is 0 Å². The van der Waals surface area contributed by atoms with Gasteiger partial charge in [0.1, 0.15) is 5.69 Å². The summed E-state index contributed by atoms with van der Waals surface area (Å²) in [5.41, 5.74) is 8.99. The summed E-state index contributed by atoms with van der Waals surface area (Å²) in [6.07, 6.45) is 2.41. The van der Waals surface area contributed by atoms with Crippen molar-refractivity contribution >= 4 is 11.6 Å². The lowest BCUT2D eigenvalue weighted by molar-refractivity contribution is 0.0981. The zero-order chi connectivity index (χ0) is 15.2. The van der Waals surface area contributed by atoms with Crippen LogP contribution in [-0.4, -0.2) is 24.0 Å². The first-order valence-electron chi connectivity index (χ1n) is 7.13. The van der Waals surface area contributed by atoms with E-state index in [0.717, 1.165) is 23.2 Å². The number of benzene rings is 1. The van der Waals surface area contributed by atoms with Crippen LogP contribution < -0.4 is 10.6 Å². The van der Waals surface area contributed by atoms with Crippen molar-refractivity contribution in [2.24, 2.45) is 5.73 Å². The SMILES string of the molecule is Cc1cccc(N(CCCN)C(=O)c2ncccc2C)c1. The molecule has 0 saturated carbocycles. The van der Waals surface area contributed by atoms with E-state index in [1.807, 2.05) is 50.2 Å². The fraction of sp³-hybridized carbons (Fsp3) is 0.294. The maximum atomic E-state index is 12.8. The molecule has 4 heteroatoms. The van der Waals surface area contributed by atoms with E-state index >= 15 is 0 Å². The highest BCUT2D eigenvalue weighted by molar-refractivity contribution is 6.05. The van der Waals surface area contributed by atoms with E-state index in [4.69, 9.17) is 5.73 Å². The van der Waals surface area contributed by atoms with Gasteiger partial charge in [0.2, 0.25) is 0 Å². The predicted octanol–water partition coefficient (Wildman–Crippen LogP) is 2.69. The minimum absolute atomic E-state index is 0.0767. The van der Waals surface area contributed by atoms with Gasteiger partial charge in [0.25, 0.3) is 5.91 Å². The van der Waals surface area contributed by atoms with Crippen LogP contribution >= 0.6 is 0 Å². The predicted molar refractivity (Wildman–Crippen MR) is 85.5 cm³/mol. The lowest BCUT2D eigenvalue weighted by Crippen LogP contribution is -2.34. The second kappa shape index (κ2) is 6.99. The molecule has 0 aliphatic rings. The van der Waals surface area contributed by atoms with Crippen LogP contribution in [0.5, 0.6) is 0 Å². The largest absolute Gasteiger partial charge is 0.330 e. The third-order valence-corrected chi connectivity index (χ3v) is 3.36. The summed E-state index contributed by atoms with van der Waals surface area (Å²) in [6, 6.07) is 11.7. The first kappa shape index (κ1) is 15.2. The van der Waals surface area contributed by atoms with Gasteiger partial charge >= 0.3 is 0 Å². The summed E-state index contributed by atoms with van der Waals surface area (Å²) >= 11 is 0. The molecule has 1 amide bonds. The van der Waals surface area contributed by atoms with Crippen molar-refractivity contribution < 1.29 is 4.79 Å². The lowest BCUT2D eigenvalue weighted by Gasteiger charge is -2.23. The Morgan fingerprint density at radius 1 is 1.24 bits per heavy atom. The average Bonchev–Trinajstić information content (AvgIpc) is 2.48. The molecule has 21 heavy (non-hydrogen) atoms. The Kier molecular flexibility index (Phi) is 5.06. The van der Waals surface area contributed by atoms with Gasteiger partial charge in [-0.2, -0.15) is 0 Å². The molecule has 0 fully saturated rings. The average molecular weight is 283 g/mol. The number of aryl methyl sites for hydroxylation is 2. The molecule has 1 aromatic carbocycles. The van der Waals surface area contributed by atoms with Crippen molar-refractivity contribution in [1.29, 1.82) is 0 Å². The Balaban J connectivity index is 2.36. The van der Waals surface area contributed by atoms with E-state index < -0.39 is 0 Å². The minimum atomic E-state index is -0.0767. The highest BCUT2D eigenvalue weighted by atomic mass is 16.2. The van der Waals surface area contributed by atoms with Gasteiger partial charge in [0.15, 0.2) is 0 Å². The number of carbonyl (C=O) groups is 1. The normalized spacial score (nSPS) is 10.4. The maximum absolute atomic E-state index is 12.8. The van der Waals surface area contributed by atoms with Crippen molar-refractivity contribution in [1.82, 2.24) is 4.98 Å². The highest BCUT2D eigenvalue weighted by Crippen LogP contribution is 2.19. The molecule has 0 radical (unpaired) electrons. The van der Waals surface area contributed by atoms with Gasteiger partial charge in [0.05, 0.1) is 0 Å². The molecule has 2 aromatic rings. The third kappa shape index (κ3) is 3.67. The zero-order valence-corrected chi connectivity index (χ0v) is 12.5. The molecule has 2 rings (SSSR count). The molecule has 0 bridgehead atoms. The molecule has 0 aliphatic carbocycles. The van der Waals surface area contributed by atoms with Crippen molar-refractivity contribution in [3.63, 3.8) is 0 Å². The molecule has 2 N–H and O–H groups in total. The quantitative estimate of drug-likeness (QED) is 0.917. The second-order valence-corrected chi connectivity index (χ2v) is 5.11. The maximum Gasteiger partial charge on any atom is 0.277 e. The summed E-state index contributed by atoms with van der Waals surface area (Å²) in [5.74, 6) is -0.0767. The van der Waals surface area contributed by atoms with Gasteiger partial charge in [0, 0.05) is 18.4 Å². The molecular formula is C17H21N3O. The Morgan fingerprint density at radius 2 is 2.05 bits per heavy atom. The first-order valence-corrected chi connectivity index (χ1v) is 7.13. The van der Waals surface area contributed by atoms with Crippen molar-refractivity contribution in [2.45, 2.75) is 20.3 Å². The van der Waals surface area contributed by atoms with Gasteiger partial charge in [-0.25, -0.2) is 0 Å². The Bertz CT molecular complexity index is 625. The fourth-order valence-corrected chi connectivity index (χ4v) is 2.23. The molecule has 0 saturated heterocycles. The van der Waals surface area contributed by atoms with Gasteiger partial charge in [-0.3, -0.25) is 9.78 Å². The minimum Gasteiger partial charge on any atom is -0.330 e. The van der Waals surface area contributed by atoms with E-state index in [2.05, 4.69) is 4.98 Å². The monoisotopic (exact) mass is 283 g/mol. The van der Waals surface area contributed by atoms with Crippen LogP contribution in [0, 0.1) is 13.8 Å². The van der Waals surface area contributed by atoms with Crippen molar-refractivity contribution in [3.05, 3.63) is 59.4 Å². The molecule has 1 heterocycles. The van der Waals surface area contributed by atoms with Crippen LogP contribution in [-0.2, 0) is 0 Å². The number of anilines is 1. The van der Waals surface area contributed by atoms with Crippen LogP contribution in [0.3, 0.4) is 0 Å². The number of nitrogens with two attached hydrogens (primary N) is 1. The van der Waals surface area contributed by atoms with Crippen LogP contribution in [0.4, 0.5) is 5.69 Å². The van der Waals surface area contributed by atoms with E-state index in [0.29, 0.717) is 18.8 Å². The summed E-state index contributed by atoms with van der Waals surface area (Å²) in [7, 11) is 0. The molecular weight excluding hydrogens is 262 g/mol. The van der Waals surface area contributed by atoms with Crippen LogP contribution in [0.15, 0.2) is 42.6 Å². The van der Waals surface area contributed by atoms with Crippen LogP contribution in [0.2, 0.25) is 0 Å². The molecule has 4 nitrogen and oxygen atoms in total. The summed E-state index contributed by atoms with van der Waals surface area (Å²) < 4.78 is 0. The number of nitrogens with zero attached hydrogens (tertiary/aromatic N) is 2. The number of hydrogen-bond acceptors (Lipinski definition) is 3. The van der Waals surface area contributed by atoms with E-state index in [1.165, 1.54) is 0 Å². The summed E-state index contributed by atoms with van der Waals surface area (Å²) in [6.45, 7) is 5.06. The smallest absolute Gasteiger partial charge is 0.277 e. The molecule has 0 aliphatic heterocycles. The Hall–Kier alpha value is -2.20. The van der Waals surface area contributed by atoms with Gasteiger partial charge in [-0.15, -0.1) is 0 Å². The number of carbonyl (C=O) groups excluding carboxylic acids is 1. The van der Waals surface area contributed by atoms with Crippen LogP contribution in [0.25, 0.3) is 0 Å². The standard InChI is InChI=1S/C17H21N3O/c1-13-6-3-8-15(12-13)20(11-5-9-18)17(21)16-14(2)7-4-10-19-16/h3-4,6-8,10,12H,5,9,11,18H2,1-2H3. The summed E-state index contributed by atoms with van der Waals surface area (Å²) in [5, 5.41) is 0. The molecule has 1 aromatic heterocycles. The number of aromatic nitrogens is 1. The third-order valence-electron chi connectivity index (χ3n) is 3.36. The molecule has 0 atom stereocenters. The van der Waals surface area contributed by atoms with E-state index in [-0.39, 0.29) is 5.91 Å². The number of rotatable bonds is 5. The molecule has 0 spiro atoms. The second-order valence-electron chi connectivity index (χ2n) is 5.11. The topological polar surface area (TPSA) is 59.2 Å². The highest BCUT2D eigenvalue weighted by Gasteiger charge is 2.20. The lowest BCUT2D eigenvalue weighted by atomic mass is 10.1. The number of hydrogen-bond donors (Lipinski definition) is 1.